The maximum atomic E-state index is 5.63. The van der Waals surface area contributed by atoms with Gasteiger partial charge in [0.1, 0.15) is 0 Å². The summed E-state index contributed by atoms with van der Waals surface area (Å²) in [5.41, 5.74) is 6.00. The van der Waals surface area contributed by atoms with E-state index >= 15 is 0 Å². The Hall–Kier alpha value is 0.500. The monoisotopic (exact) mass is 200 g/mol. The van der Waals surface area contributed by atoms with Gasteiger partial charge in [0.25, 0.3) is 0 Å². The lowest BCUT2D eigenvalue weighted by Crippen LogP contribution is -2.55. The van der Waals surface area contributed by atoms with Crippen LogP contribution in [0.2, 0.25) is 0 Å². The molecule has 1 rings (SSSR count). The number of rotatable bonds is 2. The molecule has 70 valence electrons. The number of likely N-dealkylation sites (N-methyl/N-ethyl adjacent to an activating group) is 1. The Bertz CT molecular complexity index is 97.1. The number of hydrogen-bond acceptors (Lipinski definition) is 2. The summed E-state index contributed by atoms with van der Waals surface area (Å²) in [5.74, 6) is 0. The summed E-state index contributed by atoms with van der Waals surface area (Å²) in [6.45, 7) is 0.819. The molecule has 0 aliphatic heterocycles. The zero-order valence-electron chi connectivity index (χ0n) is 7.17. The molecule has 1 saturated carbocycles. The van der Waals surface area contributed by atoms with Crippen molar-refractivity contribution in [3.8, 4) is 0 Å². The third kappa shape index (κ3) is 2.48. The minimum Gasteiger partial charge on any atom is -0.329 e. The molecule has 2 nitrogen and oxygen atoms in total. The highest BCUT2D eigenvalue weighted by molar-refractivity contribution is 5.85. The second kappa shape index (κ2) is 5.20. The van der Waals surface area contributed by atoms with Crippen molar-refractivity contribution in [1.29, 1.82) is 0 Å². The molecule has 1 aliphatic rings. The molecule has 0 saturated heterocycles. The van der Waals surface area contributed by atoms with Gasteiger partial charge in [-0.15, -0.1) is 24.8 Å². The van der Waals surface area contributed by atoms with Gasteiger partial charge in [-0.05, 0) is 33.4 Å². The fourth-order valence-electron chi connectivity index (χ4n) is 1.42. The number of hydrogen-bond donors (Lipinski definition) is 1. The van der Waals surface area contributed by atoms with E-state index in [1.54, 1.807) is 0 Å². The summed E-state index contributed by atoms with van der Waals surface area (Å²) in [5, 5.41) is 0. The van der Waals surface area contributed by atoms with E-state index in [4.69, 9.17) is 5.73 Å². The maximum absolute atomic E-state index is 5.63. The van der Waals surface area contributed by atoms with E-state index in [1.807, 2.05) is 0 Å². The molecule has 0 amide bonds. The Labute approximate surface area is 81.3 Å². The lowest BCUT2D eigenvalue weighted by Gasteiger charge is -2.46. The predicted molar refractivity (Wildman–Crippen MR) is 53.8 cm³/mol. The smallest absolute Gasteiger partial charge is 0.0325 e. The molecule has 2 N–H and O–H groups in total. The zero-order valence-corrected chi connectivity index (χ0v) is 8.80. The van der Waals surface area contributed by atoms with Crippen LogP contribution in [-0.2, 0) is 0 Å². The van der Waals surface area contributed by atoms with Gasteiger partial charge in [0.2, 0.25) is 0 Å². The van der Waals surface area contributed by atoms with E-state index in [2.05, 4.69) is 19.0 Å². The number of nitrogens with two attached hydrogens (primary N) is 1. The molecular weight excluding hydrogens is 183 g/mol. The summed E-state index contributed by atoms with van der Waals surface area (Å²) in [4.78, 5) is 2.26. The van der Waals surface area contributed by atoms with Crippen molar-refractivity contribution in [2.24, 2.45) is 5.73 Å². The van der Waals surface area contributed by atoms with Crippen LogP contribution in [0.25, 0.3) is 0 Å². The SMILES string of the molecule is CN(C)C1(CN)CCC1.Cl.Cl. The topological polar surface area (TPSA) is 29.3 Å². The van der Waals surface area contributed by atoms with Gasteiger partial charge in [-0.3, -0.25) is 0 Å². The average molecular weight is 201 g/mol. The Morgan fingerprint density at radius 3 is 1.73 bits per heavy atom. The Morgan fingerprint density at radius 2 is 1.73 bits per heavy atom. The standard InChI is InChI=1S/C7H16N2.2ClH/c1-9(2)7(6-8)4-3-5-7;;/h3-6,8H2,1-2H3;2*1H. The van der Waals surface area contributed by atoms with Crippen LogP contribution in [0.4, 0.5) is 0 Å². The van der Waals surface area contributed by atoms with Crippen molar-refractivity contribution in [1.82, 2.24) is 4.90 Å². The lowest BCUT2D eigenvalue weighted by atomic mass is 9.76. The van der Waals surface area contributed by atoms with Crippen molar-refractivity contribution in [3.05, 3.63) is 0 Å². The van der Waals surface area contributed by atoms with E-state index in [0.29, 0.717) is 5.54 Å². The zero-order chi connectivity index (χ0) is 6.91. The average Bonchev–Trinajstić information content (AvgIpc) is 1.62. The largest absolute Gasteiger partial charge is 0.329 e. The van der Waals surface area contributed by atoms with Gasteiger partial charge in [0.15, 0.2) is 0 Å². The fraction of sp³-hybridized carbons (Fsp3) is 1.00. The van der Waals surface area contributed by atoms with Crippen molar-refractivity contribution in [2.75, 3.05) is 20.6 Å². The minimum absolute atomic E-state index is 0. The van der Waals surface area contributed by atoms with E-state index in [9.17, 15) is 0 Å². The normalized spacial score (nSPS) is 19.6. The van der Waals surface area contributed by atoms with Crippen molar-refractivity contribution >= 4 is 24.8 Å². The summed E-state index contributed by atoms with van der Waals surface area (Å²) in [6.07, 6.45) is 3.93. The van der Waals surface area contributed by atoms with Crippen LogP contribution in [0.3, 0.4) is 0 Å². The van der Waals surface area contributed by atoms with Crippen LogP contribution in [0.5, 0.6) is 0 Å². The fourth-order valence-corrected chi connectivity index (χ4v) is 1.42. The van der Waals surface area contributed by atoms with Gasteiger partial charge in [-0.1, -0.05) is 0 Å². The van der Waals surface area contributed by atoms with Crippen molar-refractivity contribution in [2.45, 2.75) is 24.8 Å². The van der Waals surface area contributed by atoms with Crippen LogP contribution in [-0.4, -0.2) is 31.1 Å². The Morgan fingerprint density at radius 1 is 1.27 bits per heavy atom. The Balaban J connectivity index is 0. The predicted octanol–water partition coefficient (Wildman–Crippen LogP) is 1.27. The first kappa shape index (κ1) is 14.0. The molecule has 0 aromatic rings. The van der Waals surface area contributed by atoms with Gasteiger partial charge in [-0.25, -0.2) is 0 Å². The van der Waals surface area contributed by atoms with E-state index < -0.39 is 0 Å². The second-order valence-electron chi connectivity index (χ2n) is 3.18. The molecular formula is C7H18Cl2N2. The second-order valence-corrected chi connectivity index (χ2v) is 3.18. The van der Waals surface area contributed by atoms with Gasteiger partial charge < -0.3 is 10.6 Å². The van der Waals surface area contributed by atoms with Gasteiger partial charge in [-0.2, -0.15) is 0 Å². The third-order valence-electron chi connectivity index (χ3n) is 2.61. The van der Waals surface area contributed by atoms with Gasteiger partial charge in [0, 0.05) is 12.1 Å². The maximum Gasteiger partial charge on any atom is 0.0325 e. The Kier molecular flexibility index (Phi) is 6.64. The van der Waals surface area contributed by atoms with Gasteiger partial charge in [0.05, 0.1) is 0 Å². The first-order chi connectivity index (χ1) is 4.21. The summed E-state index contributed by atoms with van der Waals surface area (Å²) in [6, 6.07) is 0. The molecule has 0 aromatic heterocycles. The molecule has 0 aromatic carbocycles. The van der Waals surface area contributed by atoms with Crippen LogP contribution < -0.4 is 5.73 Å². The van der Waals surface area contributed by atoms with Crippen LogP contribution in [0.15, 0.2) is 0 Å². The molecule has 0 radical (unpaired) electrons. The molecule has 0 unspecified atom stereocenters. The first-order valence-electron chi connectivity index (χ1n) is 3.59. The van der Waals surface area contributed by atoms with Crippen LogP contribution in [0, 0.1) is 0 Å². The molecule has 0 atom stereocenters. The highest BCUT2D eigenvalue weighted by Crippen LogP contribution is 2.34. The van der Waals surface area contributed by atoms with E-state index in [-0.39, 0.29) is 24.8 Å². The number of halogens is 2. The van der Waals surface area contributed by atoms with E-state index in [0.717, 1.165) is 6.54 Å². The number of nitrogens with zero attached hydrogens (tertiary/aromatic N) is 1. The molecule has 0 bridgehead atoms. The van der Waals surface area contributed by atoms with Crippen molar-refractivity contribution in [3.63, 3.8) is 0 Å². The highest BCUT2D eigenvalue weighted by Gasteiger charge is 2.37. The van der Waals surface area contributed by atoms with Gasteiger partial charge >= 0.3 is 0 Å². The van der Waals surface area contributed by atoms with Crippen LogP contribution >= 0.6 is 24.8 Å². The minimum atomic E-state index is 0. The molecule has 0 heterocycles. The van der Waals surface area contributed by atoms with Crippen molar-refractivity contribution < 1.29 is 0 Å². The lowest BCUT2D eigenvalue weighted by molar-refractivity contribution is 0.0695. The first-order valence-corrected chi connectivity index (χ1v) is 3.59. The third-order valence-corrected chi connectivity index (χ3v) is 2.61. The van der Waals surface area contributed by atoms with E-state index in [1.165, 1.54) is 19.3 Å². The molecule has 11 heavy (non-hydrogen) atoms. The summed E-state index contributed by atoms with van der Waals surface area (Å²) >= 11 is 0. The molecule has 1 aliphatic carbocycles. The summed E-state index contributed by atoms with van der Waals surface area (Å²) < 4.78 is 0. The quantitative estimate of drug-likeness (QED) is 0.729. The summed E-state index contributed by atoms with van der Waals surface area (Å²) in [7, 11) is 4.23. The molecule has 1 fully saturated rings. The van der Waals surface area contributed by atoms with Crippen LogP contribution in [0.1, 0.15) is 19.3 Å². The highest BCUT2D eigenvalue weighted by atomic mass is 35.5. The molecule has 4 heteroatoms. The molecule has 0 spiro atoms.